The van der Waals surface area contributed by atoms with Crippen LogP contribution < -0.4 is 0 Å². The summed E-state index contributed by atoms with van der Waals surface area (Å²) >= 11 is 12.5. The Balaban J connectivity index is 2.41. The van der Waals surface area contributed by atoms with Gasteiger partial charge in [0.1, 0.15) is 0 Å². The molecule has 2 rings (SSSR count). The van der Waals surface area contributed by atoms with Gasteiger partial charge >= 0.3 is 5.97 Å². The summed E-state index contributed by atoms with van der Waals surface area (Å²) in [5, 5.41) is 10.2. The average Bonchev–Trinajstić information content (AvgIpc) is 2.41. The van der Waals surface area contributed by atoms with Gasteiger partial charge in [-0.25, -0.2) is 0 Å². The molecule has 0 saturated carbocycles. The van der Waals surface area contributed by atoms with Gasteiger partial charge in [0.15, 0.2) is 0 Å². The molecule has 1 aliphatic heterocycles. The van der Waals surface area contributed by atoms with Gasteiger partial charge in [-0.1, -0.05) is 35.3 Å². The fourth-order valence-corrected chi connectivity index (χ4v) is 3.40. The van der Waals surface area contributed by atoms with Crippen LogP contribution in [0, 0.1) is 0 Å². The standard InChI is InChI=1S/C15H20Cl2N2O2/c1-15(10-13(20)21,19-8-6-18(2)7-9-19)11-4-3-5-12(16)14(11)17/h3-5H,6-10H2,1-2H3,(H,20,21). The lowest BCUT2D eigenvalue weighted by Crippen LogP contribution is -2.54. The van der Waals surface area contributed by atoms with E-state index in [2.05, 4.69) is 16.8 Å². The summed E-state index contributed by atoms with van der Waals surface area (Å²) in [6.07, 6.45) is -0.00320. The summed E-state index contributed by atoms with van der Waals surface area (Å²) in [5.74, 6) is -0.840. The lowest BCUT2D eigenvalue weighted by atomic mass is 9.86. The number of carboxylic acid groups (broad SMARTS) is 1. The maximum absolute atomic E-state index is 11.4. The number of rotatable bonds is 4. The highest BCUT2D eigenvalue weighted by molar-refractivity contribution is 6.42. The molecule has 1 fully saturated rings. The predicted octanol–water partition coefficient (Wildman–Crippen LogP) is 2.93. The summed E-state index contributed by atoms with van der Waals surface area (Å²) < 4.78 is 0. The number of likely N-dealkylation sites (N-methyl/N-ethyl adjacent to an activating group) is 1. The van der Waals surface area contributed by atoms with Gasteiger partial charge in [-0.15, -0.1) is 0 Å². The minimum atomic E-state index is -0.840. The third-order valence-corrected chi connectivity index (χ3v) is 5.05. The lowest BCUT2D eigenvalue weighted by Gasteiger charge is -2.45. The molecule has 6 heteroatoms. The summed E-state index contributed by atoms with van der Waals surface area (Å²) in [6, 6.07) is 5.41. The molecule has 1 aromatic carbocycles. The van der Waals surface area contributed by atoms with Gasteiger partial charge < -0.3 is 10.0 Å². The molecular weight excluding hydrogens is 311 g/mol. The van der Waals surface area contributed by atoms with Crippen molar-refractivity contribution < 1.29 is 9.90 Å². The van der Waals surface area contributed by atoms with Gasteiger partial charge in [-0.05, 0) is 25.6 Å². The topological polar surface area (TPSA) is 43.8 Å². The van der Waals surface area contributed by atoms with Crippen LogP contribution in [-0.2, 0) is 10.3 Å². The molecule has 0 aromatic heterocycles. The molecule has 1 N–H and O–H groups in total. The summed E-state index contributed by atoms with van der Waals surface area (Å²) in [5.41, 5.74) is 0.123. The van der Waals surface area contributed by atoms with Crippen molar-refractivity contribution in [2.75, 3.05) is 33.2 Å². The molecule has 21 heavy (non-hydrogen) atoms. The van der Waals surface area contributed by atoms with Crippen molar-refractivity contribution in [3.05, 3.63) is 33.8 Å². The van der Waals surface area contributed by atoms with Crippen molar-refractivity contribution in [2.24, 2.45) is 0 Å². The molecule has 1 atom stereocenters. The predicted molar refractivity (Wildman–Crippen MR) is 85.1 cm³/mol. The Labute approximate surface area is 135 Å². The van der Waals surface area contributed by atoms with E-state index >= 15 is 0 Å². The van der Waals surface area contributed by atoms with E-state index in [1.54, 1.807) is 6.07 Å². The van der Waals surface area contributed by atoms with Crippen molar-refractivity contribution in [3.8, 4) is 0 Å². The highest BCUT2D eigenvalue weighted by Crippen LogP contribution is 2.39. The second-order valence-electron chi connectivity index (χ2n) is 5.74. The van der Waals surface area contributed by atoms with E-state index in [1.165, 1.54) is 0 Å². The van der Waals surface area contributed by atoms with E-state index in [0.717, 1.165) is 31.7 Å². The summed E-state index contributed by atoms with van der Waals surface area (Å²) in [7, 11) is 2.07. The molecule has 0 radical (unpaired) electrons. The van der Waals surface area contributed by atoms with E-state index in [9.17, 15) is 9.90 Å². The molecule has 1 aromatic rings. The smallest absolute Gasteiger partial charge is 0.305 e. The number of nitrogens with zero attached hydrogens (tertiary/aromatic N) is 2. The van der Waals surface area contributed by atoms with Gasteiger partial charge in [-0.2, -0.15) is 0 Å². The van der Waals surface area contributed by atoms with E-state index in [1.807, 2.05) is 19.1 Å². The average molecular weight is 331 g/mol. The second-order valence-corrected chi connectivity index (χ2v) is 6.52. The fraction of sp³-hybridized carbons (Fsp3) is 0.533. The van der Waals surface area contributed by atoms with Crippen LogP contribution in [0.2, 0.25) is 10.0 Å². The first kappa shape index (κ1) is 16.6. The quantitative estimate of drug-likeness (QED) is 0.921. The maximum Gasteiger partial charge on any atom is 0.305 e. The number of halogens is 2. The third kappa shape index (κ3) is 3.51. The number of piperazine rings is 1. The minimum absolute atomic E-state index is 0.00320. The molecule has 0 amide bonds. The Bertz CT molecular complexity index is 530. The molecule has 0 bridgehead atoms. The molecule has 1 saturated heterocycles. The molecule has 0 spiro atoms. The second kappa shape index (κ2) is 6.53. The van der Waals surface area contributed by atoms with Crippen molar-refractivity contribution in [2.45, 2.75) is 18.9 Å². The number of hydrogen-bond acceptors (Lipinski definition) is 3. The number of carboxylic acids is 1. The molecule has 1 aliphatic rings. The monoisotopic (exact) mass is 330 g/mol. The van der Waals surface area contributed by atoms with Gasteiger partial charge in [-0.3, -0.25) is 9.69 Å². The Morgan fingerprint density at radius 2 is 1.90 bits per heavy atom. The molecule has 116 valence electrons. The van der Waals surface area contributed by atoms with Gasteiger partial charge in [0.25, 0.3) is 0 Å². The van der Waals surface area contributed by atoms with Crippen molar-refractivity contribution in [3.63, 3.8) is 0 Å². The van der Waals surface area contributed by atoms with Crippen LogP contribution in [0.3, 0.4) is 0 Å². The van der Waals surface area contributed by atoms with Crippen molar-refractivity contribution in [1.82, 2.24) is 9.80 Å². The summed E-state index contributed by atoms with van der Waals surface area (Å²) in [6.45, 7) is 5.37. The van der Waals surface area contributed by atoms with Crippen LogP contribution in [0.25, 0.3) is 0 Å². The molecule has 1 heterocycles. The molecule has 4 nitrogen and oxygen atoms in total. The van der Waals surface area contributed by atoms with Gasteiger partial charge in [0.05, 0.1) is 22.0 Å². The third-order valence-electron chi connectivity index (χ3n) is 4.23. The number of hydrogen-bond donors (Lipinski definition) is 1. The van der Waals surface area contributed by atoms with Crippen LogP contribution >= 0.6 is 23.2 Å². The Morgan fingerprint density at radius 3 is 2.48 bits per heavy atom. The normalized spacial score (nSPS) is 20.2. The zero-order valence-electron chi connectivity index (χ0n) is 12.3. The Kier molecular flexibility index (Phi) is 5.15. The zero-order valence-corrected chi connectivity index (χ0v) is 13.8. The SMILES string of the molecule is CN1CCN(C(C)(CC(=O)O)c2cccc(Cl)c2Cl)CC1. The highest BCUT2D eigenvalue weighted by Gasteiger charge is 2.39. The first-order chi connectivity index (χ1) is 9.84. The number of aliphatic carboxylic acids is 1. The van der Waals surface area contributed by atoms with Gasteiger partial charge in [0, 0.05) is 26.2 Å². The minimum Gasteiger partial charge on any atom is -0.481 e. The Morgan fingerprint density at radius 1 is 1.29 bits per heavy atom. The molecule has 1 unspecified atom stereocenters. The van der Waals surface area contributed by atoms with Crippen LogP contribution in [0.15, 0.2) is 18.2 Å². The first-order valence-electron chi connectivity index (χ1n) is 6.94. The van der Waals surface area contributed by atoms with Crippen LogP contribution in [0.4, 0.5) is 0 Å². The highest BCUT2D eigenvalue weighted by atomic mass is 35.5. The van der Waals surface area contributed by atoms with E-state index in [0.29, 0.717) is 10.0 Å². The Hall–Kier alpha value is -0.810. The zero-order chi connectivity index (χ0) is 15.6. The number of carbonyl (C=O) groups is 1. The fourth-order valence-electron chi connectivity index (χ4n) is 2.89. The molecular formula is C15H20Cl2N2O2. The van der Waals surface area contributed by atoms with Crippen molar-refractivity contribution in [1.29, 1.82) is 0 Å². The maximum atomic E-state index is 11.4. The van der Waals surface area contributed by atoms with Gasteiger partial charge in [0.2, 0.25) is 0 Å². The lowest BCUT2D eigenvalue weighted by molar-refractivity contribution is -0.140. The molecule has 0 aliphatic carbocycles. The van der Waals surface area contributed by atoms with E-state index in [-0.39, 0.29) is 6.42 Å². The first-order valence-corrected chi connectivity index (χ1v) is 7.70. The van der Waals surface area contributed by atoms with E-state index in [4.69, 9.17) is 23.2 Å². The number of benzene rings is 1. The van der Waals surface area contributed by atoms with Crippen LogP contribution in [0.1, 0.15) is 18.9 Å². The largest absolute Gasteiger partial charge is 0.481 e. The van der Waals surface area contributed by atoms with E-state index < -0.39 is 11.5 Å². The van der Waals surface area contributed by atoms with Crippen LogP contribution in [-0.4, -0.2) is 54.1 Å². The van der Waals surface area contributed by atoms with Crippen LogP contribution in [0.5, 0.6) is 0 Å². The van der Waals surface area contributed by atoms with Crippen molar-refractivity contribution >= 4 is 29.2 Å². The summed E-state index contributed by atoms with van der Waals surface area (Å²) in [4.78, 5) is 15.8.